The molecular weight excluding hydrogens is 395 g/mol. The van der Waals surface area contributed by atoms with E-state index in [9.17, 15) is 0 Å². The van der Waals surface area contributed by atoms with Crippen molar-refractivity contribution in [3.8, 4) is 0 Å². The van der Waals surface area contributed by atoms with Crippen molar-refractivity contribution in [1.82, 2.24) is 0 Å². The molecule has 0 amide bonds. The molecule has 84 valence electrons. The third-order valence-corrected chi connectivity index (χ3v) is 5.83. The molecule has 0 fully saturated rings. The number of hydrogen-bond donors (Lipinski definition) is 0. The third kappa shape index (κ3) is 2.82. The Labute approximate surface area is 125 Å². The summed E-state index contributed by atoms with van der Waals surface area (Å²) in [6.07, 6.45) is 0. The van der Waals surface area contributed by atoms with E-state index >= 15 is 0 Å². The molecule has 1 unspecified atom stereocenters. The van der Waals surface area contributed by atoms with E-state index in [-0.39, 0.29) is 4.83 Å². The summed E-state index contributed by atoms with van der Waals surface area (Å²) in [7, 11) is 0. The zero-order valence-corrected chi connectivity index (χ0v) is 13.4. The second-order valence-electron chi connectivity index (χ2n) is 3.18. The molecule has 0 aliphatic carbocycles. The van der Waals surface area contributed by atoms with E-state index in [1.54, 1.807) is 11.3 Å². The Balaban J connectivity index is 2.33. The van der Waals surface area contributed by atoms with Crippen molar-refractivity contribution >= 4 is 66.4 Å². The van der Waals surface area contributed by atoms with Gasteiger partial charge in [0.15, 0.2) is 0 Å². The van der Waals surface area contributed by atoms with Crippen LogP contribution in [0.15, 0.2) is 34.1 Å². The lowest BCUT2D eigenvalue weighted by Gasteiger charge is -2.08. The lowest BCUT2D eigenvalue weighted by Crippen LogP contribution is -1.89. The van der Waals surface area contributed by atoms with Crippen LogP contribution in [0.3, 0.4) is 0 Å². The molecule has 0 aliphatic heterocycles. The number of hydrogen-bond acceptors (Lipinski definition) is 1. The average Bonchev–Trinajstić information content (AvgIpc) is 2.68. The molecule has 0 spiro atoms. The Bertz CT molecular complexity index is 510. The van der Waals surface area contributed by atoms with Crippen molar-refractivity contribution in [3.63, 3.8) is 0 Å². The highest BCUT2D eigenvalue weighted by Gasteiger charge is 2.13. The highest BCUT2D eigenvalue weighted by atomic mass is 79.9. The highest BCUT2D eigenvalue weighted by Crippen LogP contribution is 2.38. The van der Waals surface area contributed by atoms with Crippen LogP contribution in [-0.2, 0) is 0 Å². The van der Waals surface area contributed by atoms with Crippen LogP contribution in [0.2, 0.25) is 10.0 Å². The van der Waals surface area contributed by atoms with Gasteiger partial charge in [0, 0.05) is 4.88 Å². The fourth-order valence-electron chi connectivity index (χ4n) is 1.30. The van der Waals surface area contributed by atoms with Crippen LogP contribution >= 0.6 is 66.4 Å². The Morgan fingerprint density at radius 3 is 2.38 bits per heavy atom. The fraction of sp³-hybridized carbons (Fsp3) is 0.0909. The van der Waals surface area contributed by atoms with E-state index in [1.807, 2.05) is 24.3 Å². The van der Waals surface area contributed by atoms with Gasteiger partial charge in [0.05, 0.1) is 18.7 Å². The quantitative estimate of drug-likeness (QED) is 0.519. The second-order valence-corrected chi connectivity index (χ2v) is 7.40. The number of thiophene rings is 1. The van der Waals surface area contributed by atoms with E-state index in [0.29, 0.717) is 10.0 Å². The predicted molar refractivity (Wildman–Crippen MR) is 79.3 cm³/mol. The molecule has 1 aromatic carbocycles. The number of rotatable bonds is 2. The third-order valence-electron chi connectivity index (χ3n) is 2.08. The normalized spacial score (nSPS) is 12.8. The van der Waals surface area contributed by atoms with Gasteiger partial charge < -0.3 is 0 Å². The summed E-state index contributed by atoms with van der Waals surface area (Å²) >= 11 is 20.7. The minimum Gasteiger partial charge on any atom is -0.132 e. The molecule has 1 heterocycles. The van der Waals surface area contributed by atoms with Crippen molar-refractivity contribution in [2.45, 2.75) is 4.83 Å². The average molecular weight is 401 g/mol. The van der Waals surface area contributed by atoms with Crippen molar-refractivity contribution in [2.75, 3.05) is 0 Å². The largest absolute Gasteiger partial charge is 0.132 e. The van der Waals surface area contributed by atoms with E-state index in [4.69, 9.17) is 23.2 Å². The van der Waals surface area contributed by atoms with Gasteiger partial charge in [0.2, 0.25) is 0 Å². The van der Waals surface area contributed by atoms with E-state index in [1.165, 1.54) is 4.88 Å². The van der Waals surface area contributed by atoms with Crippen LogP contribution in [0, 0.1) is 0 Å². The summed E-state index contributed by atoms with van der Waals surface area (Å²) in [5.74, 6) is 0. The Morgan fingerprint density at radius 1 is 1.06 bits per heavy atom. The van der Waals surface area contributed by atoms with Gasteiger partial charge in [-0.3, -0.25) is 0 Å². The summed E-state index contributed by atoms with van der Waals surface area (Å²) in [6.45, 7) is 0. The molecule has 5 heteroatoms. The second kappa shape index (κ2) is 5.40. The lowest BCUT2D eigenvalue weighted by molar-refractivity contribution is 1.23. The molecule has 0 nitrogen and oxygen atoms in total. The van der Waals surface area contributed by atoms with E-state index in [0.717, 1.165) is 9.35 Å². The molecule has 0 saturated carbocycles. The first-order valence-electron chi connectivity index (χ1n) is 4.42. The monoisotopic (exact) mass is 398 g/mol. The molecule has 1 atom stereocenters. The van der Waals surface area contributed by atoms with Crippen LogP contribution in [-0.4, -0.2) is 0 Å². The topological polar surface area (TPSA) is 0 Å². The van der Waals surface area contributed by atoms with Crippen LogP contribution in [0.5, 0.6) is 0 Å². The number of alkyl halides is 1. The molecule has 0 bridgehead atoms. The zero-order chi connectivity index (χ0) is 11.7. The SMILES string of the molecule is Clc1ccc(C(Br)c2ccc(Br)s2)cc1Cl. The summed E-state index contributed by atoms with van der Waals surface area (Å²) in [5, 5.41) is 1.16. The molecule has 0 saturated heterocycles. The molecule has 0 radical (unpaired) electrons. The lowest BCUT2D eigenvalue weighted by atomic mass is 10.1. The van der Waals surface area contributed by atoms with Gasteiger partial charge in [-0.05, 0) is 45.8 Å². The first-order chi connectivity index (χ1) is 7.58. The maximum absolute atomic E-state index is 5.99. The first-order valence-corrected chi connectivity index (χ1v) is 7.70. The van der Waals surface area contributed by atoms with Gasteiger partial charge in [-0.2, -0.15) is 0 Å². The summed E-state index contributed by atoms with van der Waals surface area (Å²) in [6, 6.07) is 9.79. The van der Waals surface area contributed by atoms with Gasteiger partial charge in [0.25, 0.3) is 0 Å². The summed E-state index contributed by atoms with van der Waals surface area (Å²) in [5.41, 5.74) is 1.10. The van der Waals surface area contributed by atoms with Crippen LogP contribution in [0.4, 0.5) is 0 Å². The Morgan fingerprint density at radius 2 is 1.81 bits per heavy atom. The number of benzene rings is 1. The van der Waals surface area contributed by atoms with E-state index in [2.05, 4.69) is 37.9 Å². The van der Waals surface area contributed by atoms with Gasteiger partial charge in [0.1, 0.15) is 0 Å². The molecule has 1 aromatic heterocycles. The van der Waals surface area contributed by atoms with Crippen LogP contribution < -0.4 is 0 Å². The van der Waals surface area contributed by atoms with E-state index < -0.39 is 0 Å². The van der Waals surface area contributed by atoms with Gasteiger partial charge in [-0.15, -0.1) is 11.3 Å². The summed E-state index contributed by atoms with van der Waals surface area (Å²) in [4.78, 5) is 1.38. The first kappa shape index (κ1) is 12.9. The minimum absolute atomic E-state index is 0.151. The molecule has 0 N–H and O–H groups in total. The van der Waals surface area contributed by atoms with Crippen LogP contribution in [0.1, 0.15) is 15.3 Å². The predicted octanol–water partition coefficient (Wildman–Crippen LogP) is 6.30. The maximum atomic E-state index is 5.99. The fourth-order valence-corrected chi connectivity index (χ4v) is 3.75. The molecule has 16 heavy (non-hydrogen) atoms. The van der Waals surface area contributed by atoms with Crippen molar-refractivity contribution in [1.29, 1.82) is 0 Å². The number of halogens is 4. The van der Waals surface area contributed by atoms with Crippen LogP contribution in [0.25, 0.3) is 0 Å². The zero-order valence-electron chi connectivity index (χ0n) is 7.88. The van der Waals surface area contributed by atoms with Crippen molar-refractivity contribution in [3.05, 3.63) is 54.6 Å². The van der Waals surface area contributed by atoms with Crippen molar-refractivity contribution < 1.29 is 0 Å². The van der Waals surface area contributed by atoms with Gasteiger partial charge >= 0.3 is 0 Å². The smallest absolute Gasteiger partial charge is 0.0739 e. The molecule has 2 rings (SSSR count). The van der Waals surface area contributed by atoms with Crippen molar-refractivity contribution in [2.24, 2.45) is 0 Å². The highest BCUT2D eigenvalue weighted by molar-refractivity contribution is 9.11. The Kier molecular flexibility index (Phi) is 4.36. The molecular formula is C11H6Br2Cl2S. The Hall–Kier alpha value is 0.460. The van der Waals surface area contributed by atoms with Gasteiger partial charge in [-0.1, -0.05) is 45.2 Å². The standard InChI is InChI=1S/C11H6Br2Cl2S/c12-10-4-3-9(16-10)11(13)6-1-2-7(14)8(15)5-6/h1-5,11H. The molecule has 0 aliphatic rings. The minimum atomic E-state index is 0.151. The van der Waals surface area contributed by atoms with Gasteiger partial charge in [-0.25, -0.2) is 0 Å². The molecule has 2 aromatic rings. The maximum Gasteiger partial charge on any atom is 0.0739 e. The summed E-state index contributed by atoms with van der Waals surface area (Å²) < 4.78 is 1.12.